The molecule has 18 heavy (non-hydrogen) atoms. The molecule has 0 bridgehead atoms. The Morgan fingerprint density at radius 3 is 2.94 bits per heavy atom. The van der Waals surface area contributed by atoms with Crippen molar-refractivity contribution < 1.29 is 0 Å². The van der Waals surface area contributed by atoms with E-state index in [2.05, 4.69) is 29.2 Å². The lowest BCUT2D eigenvalue weighted by Crippen LogP contribution is -2.07. The molecule has 0 fully saturated rings. The normalized spacial score (nSPS) is 11.3. The largest absolute Gasteiger partial charge is 0.369 e. The summed E-state index contributed by atoms with van der Waals surface area (Å²) in [7, 11) is 0. The molecule has 0 spiro atoms. The van der Waals surface area contributed by atoms with E-state index in [1.165, 1.54) is 0 Å². The molecular formula is C13H21N5. The van der Waals surface area contributed by atoms with Crippen molar-refractivity contribution in [2.45, 2.75) is 26.7 Å². The zero-order chi connectivity index (χ0) is 13.0. The van der Waals surface area contributed by atoms with Crippen molar-refractivity contribution in [3.05, 3.63) is 24.0 Å². The molecule has 0 aliphatic carbocycles. The monoisotopic (exact) mass is 247 g/mol. The Kier molecular flexibility index (Phi) is 4.15. The summed E-state index contributed by atoms with van der Waals surface area (Å²) in [4.78, 5) is 4.44. The molecule has 5 nitrogen and oxygen atoms in total. The van der Waals surface area contributed by atoms with Crippen LogP contribution >= 0.6 is 0 Å². The van der Waals surface area contributed by atoms with Gasteiger partial charge in [0.25, 0.3) is 0 Å². The van der Waals surface area contributed by atoms with Gasteiger partial charge in [0.05, 0.1) is 11.9 Å². The first kappa shape index (κ1) is 12.8. The highest BCUT2D eigenvalue weighted by Crippen LogP contribution is 2.09. The molecule has 0 aliphatic rings. The van der Waals surface area contributed by atoms with Gasteiger partial charge < -0.3 is 11.1 Å². The number of rotatable bonds is 6. The number of nitrogens with zero attached hydrogens (tertiary/aromatic N) is 3. The van der Waals surface area contributed by atoms with Gasteiger partial charge in [-0.25, -0.2) is 9.50 Å². The first-order valence-electron chi connectivity index (χ1n) is 6.48. The van der Waals surface area contributed by atoms with Crippen molar-refractivity contribution in [2.24, 2.45) is 11.7 Å². The lowest BCUT2D eigenvalue weighted by molar-refractivity contribution is 0.606. The third-order valence-corrected chi connectivity index (χ3v) is 2.80. The average molecular weight is 247 g/mol. The molecule has 0 radical (unpaired) electrons. The van der Waals surface area contributed by atoms with E-state index >= 15 is 0 Å². The lowest BCUT2D eigenvalue weighted by Gasteiger charge is -2.07. The van der Waals surface area contributed by atoms with Crippen LogP contribution in [0.5, 0.6) is 0 Å². The second-order valence-corrected chi connectivity index (χ2v) is 4.90. The molecule has 0 aromatic carbocycles. The molecule has 0 saturated heterocycles. The van der Waals surface area contributed by atoms with Crippen LogP contribution in [0.25, 0.3) is 5.65 Å². The maximum Gasteiger partial charge on any atom is 0.153 e. The van der Waals surface area contributed by atoms with Crippen LogP contribution in [0.2, 0.25) is 0 Å². The SMILES string of the molecule is CC(C)CCNc1ccc2nc(CCN)cn2n1. The molecule has 0 unspecified atom stereocenters. The van der Waals surface area contributed by atoms with Gasteiger partial charge in [0, 0.05) is 13.0 Å². The van der Waals surface area contributed by atoms with E-state index < -0.39 is 0 Å². The maximum absolute atomic E-state index is 5.52. The fourth-order valence-corrected chi connectivity index (χ4v) is 1.78. The van der Waals surface area contributed by atoms with E-state index in [9.17, 15) is 0 Å². The molecule has 0 aliphatic heterocycles. The van der Waals surface area contributed by atoms with Crippen molar-refractivity contribution >= 4 is 11.5 Å². The highest BCUT2D eigenvalue weighted by Gasteiger charge is 2.03. The first-order valence-corrected chi connectivity index (χ1v) is 6.48. The van der Waals surface area contributed by atoms with Gasteiger partial charge in [0.2, 0.25) is 0 Å². The van der Waals surface area contributed by atoms with E-state index in [-0.39, 0.29) is 0 Å². The van der Waals surface area contributed by atoms with Crippen LogP contribution in [0, 0.1) is 5.92 Å². The molecule has 0 atom stereocenters. The Bertz CT molecular complexity index is 503. The third-order valence-electron chi connectivity index (χ3n) is 2.80. The third kappa shape index (κ3) is 3.20. The predicted octanol–water partition coefficient (Wildman–Crippen LogP) is 1.69. The summed E-state index contributed by atoms with van der Waals surface area (Å²) in [5, 5.41) is 7.80. The van der Waals surface area contributed by atoms with E-state index in [0.717, 1.165) is 36.5 Å². The average Bonchev–Trinajstić information content (AvgIpc) is 2.70. The summed E-state index contributed by atoms with van der Waals surface area (Å²) in [5.74, 6) is 1.59. The fourth-order valence-electron chi connectivity index (χ4n) is 1.78. The lowest BCUT2D eigenvalue weighted by atomic mass is 10.1. The minimum Gasteiger partial charge on any atom is -0.369 e. The zero-order valence-corrected chi connectivity index (χ0v) is 11.1. The fraction of sp³-hybridized carbons (Fsp3) is 0.538. The van der Waals surface area contributed by atoms with Crippen LogP contribution in [0.4, 0.5) is 5.82 Å². The minimum atomic E-state index is 0.614. The second kappa shape index (κ2) is 5.82. The number of aromatic nitrogens is 3. The maximum atomic E-state index is 5.52. The van der Waals surface area contributed by atoms with Gasteiger partial charge in [-0.1, -0.05) is 13.8 Å². The molecule has 0 amide bonds. The number of hydrogen-bond donors (Lipinski definition) is 2. The molecule has 2 heterocycles. The Balaban J connectivity index is 2.06. The van der Waals surface area contributed by atoms with Crippen molar-refractivity contribution in [1.82, 2.24) is 14.6 Å². The van der Waals surface area contributed by atoms with Crippen molar-refractivity contribution in [2.75, 3.05) is 18.4 Å². The van der Waals surface area contributed by atoms with Crippen LogP contribution in [0.1, 0.15) is 26.0 Å². The van der Waals surface area contributed by atoms with Gasteiger partial charge in [0.15, 0.2) is 5.65 Å². The standard InChI is InChI=1S/C13H21N5/c1-10(2)6-8-15-12-3-4-13-16-11(5-7-14)9-18(13)17-12/h3-4,9-10H,5-8,14H2,1-2H3,(H,15,17). The number of fused-ring (bicyclic) bond motifs is 1. The Labute approximate surface area is 107 Å². The Hall–Kier alpha value is -1.62. The highest BCUT2D eigenvalue weighted by molar-refractivity contribution is 5.45. The van der Waals surface area contributed by atoms with Gasteiger partial charge in [-0.05, 0) is 31.0 Å². The van der Waals surface area contributed by atoms with E-state index in [1.807, 2.05) is 22.8 Å². The van der Waals surface area contributed by atoms with Gasteiger partial charge in [-0.3, -0.25) is 0 Å². The summed E-state index contributed by atoms with van der Waals surface area (Å²) in [5.41, 5.74) is 7.38. The van der Waals surface area contributed by atoms with Crippen molar-refractivity contribution in [1.29, 1.82) is 0 Å². The van der Waals surface area contributed by atoms with Gasteiger partial charge >= 0.3 is 0 Å². The summed E-state index contributed by atoms with van der Waals surface area (Å²) >= 11 is 0. The molecule has 2 rings (SSSR count). The Morgan fingerprint density at radius 2 is 2.22 bits per heavy atom. The number of nitrogens with one attached hydrogen (secondary N) is 1. The molecule has 2 aromatic rings. The number of anilines is 1. The molecular weight excluding hydrogens is 226 g/mol. The Morgan fingerprint density at radius 1 is 1.39 bits per heavy atom. The molecule has 0 saturated carbocycles. The van der Waals surface area contributed by atoms with Crippen LogP contribution in [-0.4, -0.2) is 27.7 Å². The van der Waals surface area contributed by atoms with Crippen molar-refractivity contribution in [3.63, 3.8) is 0 Å². The van der Waals surface area contributed by atoms with Gasteiger partial charge in [-0.2, -0.15) is 0 Å². The van der Waals surface area contributed by atoms with E-state index in [0.29, 0.717) is 12.5 Å². The summed E-state index contributed by atoms with van der Waals surface area (Å²) < 4.78 is 1.81. The summed E-state index contributed by atoms with van der Waals surface area (Å²) in [6.45, 7) is 5.99. The molecule has 3 N–H and O–H groups in total. The van der Waals surface area contributed by atoms with Gasteiger partial charge in [-0.15, -0.1) is 5.10 Å². The smallest absolute Gasteiger partial charge is 0.153 e. The topological polar surface area (TPSA) is 68.2 Å². The zero-order valence-electron chi connectivity index (χ0n) is 11.1. The first-order chi connectivity index (χ1) is 8.69. The van der Waals surface area contributed by atoms with Crippen LogP contribution in [-0.2, 0) is 6.42 Å². The van der Waals surface area contributed by atoms with Crippen LogP contribution in [0.3, 0.4) is 0 Å². The highest BCUT2D eigenvalue weighted by atomic mass is 15.3. The molecule has 98 valence electrons. The van der Waals surface area contributed by atoms with Crippen molar-refractivity contribution in [3.8, 4) is 0 Å². The van der Waals surface area contributed by atoms with Gasteiger partial charge in [0.1, 0.15) is 5.82 Å². The van der Waals surface area contributed by atoms with E-state index in [1.54, 1.807) is 0 Å². The minimum absolute atomic E-state index is 0.614. The van der Waals surface area contributed by atoms with Crippen LogP contribution in [0.15, 0.2) is 18.3 Å². The van der Waals surface area contributed by atoms with Crippen LogP contribution < -0.4 is 11.1 Å². The second-order valence-electron chi connectivity index (χ2n) is 4.90. The number of nitrogens with two attached hydrogens (primary N) is 1. The summed E-state index contributed by atoms with van der Waals surface area (Å²) in [6, 6.07) is 3.94. The summed E-state index contributed by atoms with van der Waals surface area (Å²) in [6.07, 6.45) is 3.87. The number of imidazole rings is 1. The quantitative estimate of drug-likeness (QED) is 0.815. The van der Waals surface area contributed by atoms with E-state index in [4.69, 9.17) is 5.73 Å². The molecule has 5 heteroatoms. The number of hydrogen-bond acceptors (Lipinski definition) is 4. The predicted molar refractivity (Wildman–Crippen MR) is 73.7 cm³/mol. The molecule has 2 aromatic heterocycles.